The van der Waals surface area contributed by atoms with E-state index in [1.54, 1.807) is 6.07 Å². The molecule has 21 heavy (non-hydrogen) atoms. The molecule has 0 bridgehead atoms. The van der Waals surface area contributed by atoms with Crippen LogP contribution >= 0.6 is 11.6 Å². The van der Waals surface area contributed by atoms with Crippen molar-refractivity contribution < 1.29 is 4.74 Å². The number of anilines is 2. The minimum Gasteiger partial charge on any atom is -0.490 e. The lowest BCUT2D eigenvalue weighted by atomic mass is 10.1. The summed E-state index contributed by atoms with van der Waals surface area (Å²) in [6.07, 6.45) is 4.85. The van der Waals surface area contributed by atoms with Crippen LogP contribution in [0.1, 0.15) is 25.7 Å². The van der Waals surface area contributed by atoms with Gasteiger partial charge in [0.05, 0.1) is 6.10 Å². The van der Waals surface area contributed by atoms with Gasteiger partial charge in [0.1, 0.15) is 17.4 Å². The van der Waals surface area contributed by atoms with Crippen molar-refractivity contribution in [3.63, 3.8) is 0 Å². The molecule has 2 aromatic rings. The van der Waals surface area contributed by atoms with Crippen LogP contribution in [0, 0.1) is 0 Å². The Morgan fingerprint density at radius 3 is 2.48 bits per heavy atom. The topological polar surface area (TPSA) is 74.2 Å². The zero-order valence-corrected chi connectivity index (χ0v) is 12.4. The molecular weight excluding hydrogens is 286 g/mol. The van der Waals surface area contributed by atoms with Gasteiger partial charge in [-0.05, 0) is 56.0 Å². The molecule has 4 N–H and O–H groups in total. The van der Waals surface area contributed by atoms with Gasteiger partial charge in [0, 0.05) is 16.1 Å². The van der Waals surface area contributed by atoms with Crippen molar-refractivity contribution in [2.24, 2.45) is 0 Å². The second-order valence-corrected chi connectivity index (χ2v) is 5.77. The Labute approximate surface area is 129 Å². The SMILES string of the molecule is Nc1ccc(-c2ccc(Cl)cc2OC2CCCC2)c(N)n1. The smallest absolute Gasteiger partial charge is 0.133 e. The van der Waals surface area contributed by atoms with Crippen molar-refractivity contribution in [2.75, 3.05) is 11.5 Å². The fraction of sp³-hybridized carbons (Fsp3) is 0.312. The van der Waals surface area contributed by atoms with Crippen molar-refractivity contribution in [3.8, 4) is 16.9 Å². The average Bonchev–Trinajstić information content (AvgIpc) is 2.93. The van der Waals surface area contributed by atoms with Crippen molar-refractivity contribution in [3.05, 3.63) is 35.4 Å². The molecule has 0 unspecified atom stereocenters. The highest BCUT2D eigenvalue weighted by molar-refractivity contribution is 6.30. The van der Waals surface area contributed by atoms with Crippen molar-refractivity contribution in [2.45, 2.75) is 31.8 Å². The third-order valence-corrected chi connectivity index (χ3v) is 4.01. The number of hydrogen-bond acceptors (Lipinski definition) is 4. The Morgan fingerprint density at radius 1 is 1.05 bits per heavy atom. The minimum absolute atomic E-state index is 0.255. The third-order valence-electron chi connectivity index (χ3n) is 3.78. The van der Waals surface area contributed by atoms with Crippen LogP contribution in [-0.2, 0) is 0 Å². The molecule has 110 valence electrons. The van der Waals surface area contributed by atoms with Crippen LogP contribution < -0.4 is 16.2 Å². The summed E-state index contributed by atoms with van der Waals surface area (Å²) in [5, 5.41) is 0.647. The van der Waals surface area contributed by atoms with Crippen LogP contribution in [-0.4, -0.2) is 11.1 Å². The molecule has 0 radical (unpaired) electrons. The molecule has 0 spiro atoms. The summed E-state index contributed by atoms with van der Waals surface area (Å²) in [4.78, 5) is 4.11. The number of ether oxygens (including phenoxy) is 1. The van der Waals surface area contributed by atoms with Crippen LogP contribution in [0.25, 0.3) is 11.1 Å². The molecule has 0 amide bonds. The molecule has 0 aliphatic heterocycles. The Balaban J connectivity index is 2.00. The molecule has 1 aliphatic carbocycles. The summed E-state index contributed by atoms with van der Waals surface area (Å²) in [7, 11) is 0. The van der Waals surface area contributed by atoms with E-state index in [2.05, 4.69) is 4.98 Å². The van der Waals surface area contributed by atoms with Crippen LogP contribution in [0.3, 0.4) is 0 Å². The summed E-state index contributed by atoms with van der Waals surface area (Å²) < 4.78 is 6.13. The average molecular weight is 304 g/mol. The molecule has 1 heterocycles. The maximum absolute atomic E-state index is 6.13. The Kier molecular flexibility index (Phi) is 3.88. The lowest BCUT2D eigenvalue weighted by Gasteiger charge is -2.17. The van der Waals surface area contributed by atoms with Gasteiger partial charge in [-0.3, -0.25) is 0 Å². The van der Waals surface area contributed by atoms with Gasteiger partial charge >= 0.3 is 0 Å². The number of benzene rings is 1. The summed E-state index contributed by atoms with van der Waals surface area (Å²) in [6, 6.07) is 9.18. The lowest BCUT2D eigenvalue weighted by Crippen LogP contribution is -2.11. The van der Waals surface area contributed by atoms with E-state index in [-0.39, 0.29) is 6.10 Å². The Hall–Kier alpha value is -1.94. The quantitative estimate of drug-likeness (QED) is 0.902. The van der Waals surface area contributed by atoms with E-state index in [1.165, 1.54) is 12.8 Å². The van der Waals surface area contributed by atoms with Gasteiger partial charge in [-0.15, -0.1) is 0 Å². The highest BCUT2D eigenvalue weighted by atomic mass is 35.5. The van der Waals surface area contributed by atoms with Crippen molar-refractivity contribution in [1.29, 1.82) is 0 Å². The van der Waals surface area contributed by atoms with E-state index in [1.807, 2.05) is 24.3 Å². The molecule has 1 aliphatic rings. The highest BCUT2D eigenvalue weighted by Gasteiger charge is 2.19. The van der Waals surface area contributed by atoms with Gasteiger partial charge in [0.2, 0.25) is 0 Å². The normalized spacial score (nSPS) is 15.3. The summed E-state index contributed by atoms with van der Waals surface area (Å²) in [6.45, 7) is 0. The van der Waals surface area contributed by atoms with Gasteiger partial charge in [-0.25, -0.2) is 4.98 Å². The number of aromatic nitrogens is 1. The minimum atomic E-state index is 0.255. The summed E-state index contributed by atoms with van der Waals surface area (Å²) in [5.41, 5.74) is 13.4. The largest absolute Gasteiger partial charge is 0.490 e. The predicted octanol–water partition coefficient (Wildman–Crippen LogP) is 3.89. The number of hydrogen-bond donors (Lipinski definition) is 2. The maximum Gasteiger partial charge on any atom is 0.133 e. The van der Waals surface area contributed by atoms with Gasteiger partial charge < -0.3 is 16.2 Å². The third kappa shape index (κ3) is 3.05. The standard InChI is InChI=1S/C16H18ClN3O/c17-10-5-6-12(13-7-8-15(18)20-16(13)19)14(9-10)21-11-3-1-2-4-11/h5-9,11H,1-4H2,(H4,18,19,20). The highest BCUT2D eigenvalue weighted by Crippen LogP contribution is 2.37. The number of nitrogens with zero attached hydrogens (tertiary/aromatic N) is 1. The van der Waals surface area contributed by atoms with Crippen molar-refractivity contribution >= 4 is 23.2 Å². The number of nitrogens with two attached hydrogens (primary N) is 2. The second-order valence-electron chi connectivity index (χ2n) is 5.33. The molecule has 1 aromatic carbocycles. The summed E-state index contributed by atoms with van der Waals surface area (Å²) >= 11 is 6.11. The number of pyridine rings is 1. The molecule has 0 saturated heterocycles. The molecular formula is C16H18ClN3O. The zero-order valence-electron chi connectivity index (χ0n) is 11.7. The summed E-state index contributed by atoms with van der Waals surface area (Å²) in [5.74, 6) is 1.56. The van der Waals surface area contributed by atoms with E-state index < -0.39 is 0 Å². The molecule has 1 fully saturated rings. The van der Waals surface area contributed by atoms with E-state index in [4.69, 9.17) is 27.8 Å². The zero-order chi connectivity index (χ0) is 14.8. The van der Waals surface area contributed by atoms with Gasteiger partial charge in [-0.2, -0.15) is 0 Å². The van der Waals surface area contributed by atoms with E-state index in [0.717, 1.165) is 29.7 Å². The molecule has 0 atom stereocenters. The first-order chi connectivity index (χ1) is 10.1. The molecule has 5 heteroatoms. The maximum atomic E-state index is 6.13. The first-order valence-electron chi connectivity index (χ1n) is 7.12. The van der Waals surface area contributed by atoms with E-state index >= 15 is 0 Å². The molecule has 4 nitrogen and oxygen atoms in total. The molecule has 1 aromatic heterocycles. The van der Waals surface area contributed by atoms with Crippen LogP contribution in [0.5, 0.6) is 5.75 Å². The van der Waals surface area contributed by atoms with E-state index in [0.29, 0.717) is 16.7 Å². The van der Waals surface area contributed by atoms with Gasteiger partial charge in [-0.1, -0.05) is 11.6 Å². The fourth-order valence-corrected chi connectivity index (χ4v) is 2.88. The Morgan fingerprint density at radius 2 is 1.76 bits per heavy atom. The second kappa shape index (κ2) is 5.82. The fourth-order valence-electron chi connectivity index (χ4n) is 2.72. The van der Waals surface area contributed by atoms with E-state index in [9.17, 15) is 0 Å². The monoisotopic (exact) mass is 303 g/mol. The predicted molar refractivity (Wildman–Crippen MR) is 86.4 cm³/mol. The Bertz CT molecular complexity index is 654. The van der Waals surface area contributed by atoms with Crippen LogP contribution in [0.2, 0.25) is 5.02 Å². The number of rotatable bonds is 3. The van der Waals surface area contributed by atoms with Crippen LogP contribution in [0.4, 0.5) is 11.6 Å². The van der Waals surface area contributed by atoms with Gasteiger partial charge in [0.25, 0.3) is 0 Å². The first-order valence-corrected chi connectivity index (χ1v) is 7.50. The number of halogens is 1. The lowest BCUT2D eigenvalue weighted by molar-refractivity contribution is 0.211. The van der Waals surface area contributed by atoms with Crippen LogP contribution in [0.15, 0.2) is 30.3 Å². The van der Waals surface area contributed by atoms with Gasteiger partial charge in [0.15, 0.2) is 0 Å². The van der Waals surface area contributed by atoms with Crippen molar-refractivity contribution in [1.82, 2.24) is 4.98 Å². The number of nitrogen functional groups attached to an aromatic ring is 2. The molecule has 1 saturated carbocycles. The first kappa shape index (κ1) is 14.0. The molecule has 3 rings (SSSR count).